The SMILES string of the molecule is c1ccc(-c2nc(-c3ccc(-n4c5ccccc5c5cc6ccccc6cc54)c(-c4cc5ccccc5c5sc6ccccc6c45)c3)nc(-c3ccc4c(c3)c3ccccc3n4-c3ccc(-c4ccc5cc(-c6cc(-c7nc(-c8ccccc8)nc(-c8ccc9c%10ccccc%10n(-c%10ccccc%10)c9c8)n7)ccc6-n6c7ccccc7c7cc8ccccc8cc76)c6c7ccccc7sc6c5c4)cc3)n2)cc1. The van der Waals surface area contributed by atoms with Crippen molar-refractivity contribution in [2.45, 2.75) is 0 Å². The summed E-state index contributed by atoms with van der Waals surface area (Å²) in [6, 6.07) is 168. The van der Waals surface area contributed by atoms with E-state index in [0.717, 1.165) is 155 Å². The Kier molecular flexibility index (Phi) is 17.7. The Morgan fingerprint density at radius 2 is 0.472 bits per heavy atom. The molecule has 0 radical (unpaired) electrons. The first-order valence-corrected chi connectivity index (χ1v) is 49.7. The van der Waals surface area contributed by atoms with Crippen LogP contribution in [0.1, 0.15) is 0 Å². The third-order valence-corrected chi connectivity index (χ3v) is 31.6. The predicted molar refractivity (Wildman–Crippen MR) is 595 cm³/mol. The number of benzene rings is 22. The van der Waals surface area contributed by atoms with Crippen LogP contribution in [0.5, 0.6) is 0 Å². The molecular weight excluding hydrogens is 1770 g/mol. The van der Waals surface area contributed by atoms with Gasteiger partial charge in [0.1, 0.15) is 0 Å². The third kappa shape index (κ3) is 12.5. The van der Waals surface area contributed by atoms with E-state index in [2.05, 4.69) is 467 Å². The van der Waals surface area contributed by atoms with Gasteiger partial charge in [-0.15, -0.1) is 22.7 Å². The Morgan fingerprint density at radius 1 is 0.155 bits per heavy atom. The number of para-hydroxylation sites is 5. The van der Waals surface area contributed by atoms with E-state index in [0.29, 0.717) is 34.9 Å². The van der Waals surface area contributed by atoms with E-state index in [1.54, 1.807) is 0 Å². The van der Waals surface area contributed by atoms with Crippen LogP contribution in [0.2, 0.25) is 0 Å². The van der Waals surface area contributed by atoms with Crippen LogP contribution in [0, 0.1) is 0 Å². The highest BCUT2D eigenvalue weighted by Crippen LogP contribution is 2.53. The lowest BCUT2D eigenvalue weighted by Gasteiger charge is -2.18. The minimum Gasteiger partial charge on any atom is -0.309 e. The van der Waals surface area contributed by atoms with Crippen molar-refractivity contribution in [1.82, 2.24) is 48.2 Å². The van der Waals surface area contributed by atoms with E-state index in [4.69, 9.17) is 29.9 Å². The molecule has 0 amide bonds. The summed E-state index contributed by atoms with van der Waals surface area (Å²) < 4.78 is 14.7. The largest absolute Gasteiger partial charge is 0.309 e. The first-order chi connectivity index (χ1) is 70.4. The summed E-state index contributed by atoms with van der Waals surface area (Å²) in [6.07, 6.45) is 0. The molecule has 30 rings (SSSR count). The quantitative estimate of drug-likeness (QED) is 0.114. The molecule has 0 saturated heterocycles. The summed E-state index contributed by atoms with van der Waals surface area (Å²) in [5.41, 5.74) is 25.0. The van der Waals surface area contributed by atoms with Gasteiger partial charge < -0.3 is 18.3 Å². The Morgan fingerprint density at radius 3 is 0.979 bits per heavy atom. The number of nitrogens with zero attached hydrogens (tertiary/aromatic N) is 10. The van der Waals surface area contributed by atoms with Crippen molar-refractivity contribution in [1.29, 1.82) is 0 Å². The first kappa shape index (κ1) is 79.7. The second-order valence-corrected chi connectivity index (χ2v) is 39.2. The lowest BCUT2D eigenvalue weighted by Crippen LogP contribution is -2.02. The Bertz CT molecular complexity index is 10600. The highest BCUT2D eigenvalue weighted by atomic mass is 32.1. The minimum atomic E-state index is 0.568. The Balaban J connectivity index is 0.554. The molecule has 0 bridgehead atoms. The van der Waals surface area contributed by atoms with Crippen molar-refractivity contribution in [2.24, 2.45) is 0 Å². The monoisotopic (exact) mass is 1840 g/mol. The molecule has 0 aliphatic carbocycles. The Labute approximate surface area is 820 Å². The van der Waals surface area contributed by atoms with E-state index in [1.807, 2.05) is 34.8 Å². The minimum absolute atomic E-state index is 0.568. The van der Waals surface area contributed by atoms with Gasteiger partial charge in [-0.25, -0.2) is 29.9 Å². The molecule has 0 aliphatic rings. The molecular formula is C130H76N10S2. The normalized spacial score (nSPS) is 12.1. The van der Waals surface area contributed by atoms with Crippen LogP contribution >= 0.6 is 22.7 Å². The summed E-state index contributed by atoms with van der Waals surface area (Å²) in [6.45, 7) is 0. The molecule has 0 atom stereocenters. The number of hydrogen-bond acceptors (Lipinski definition) is 8. The van der Waals surface area contributed by atoms with Gasteiger partial charge in [0.25, 0.3) is 0 Å². The van der Waals surface area contributed by atoms with Gasteiger partial charge in [-0.2, -0.15) is 0 Å². The molecule has 0 aliphatic heterocycles. The van der Waals surface area contributed by atoms with Crippen LogP contribution in [0.3, 0.4) is 0 Å². The van der Waals surface area contributed by atoms with Crippen LogP contribution < -0.4 is 0 Å². The standard InChI is InChI=1S/C130H76N10S2/c1-4-28-78(29-5-1)125-131-127(135-128(132-125)88-58-64-114(139-111-48-24-18-42-96(111)103-67-80-32-10-12-34-82(80)74-117(103)139)105(72-88)107-69-85-36-14-15-39-93(85)123-121(107)99-44-20-26-50-119(99)141-123)87-57-63-113-102(71-87)95-41-17-23-47-110(95)137(113)92-60-54-77(55-61-92)84-52-53-86-70-108(122-100-45-21-27-51-120(100)142-124(122)101(86)66-84)106-73-89(59-65-115(106)140-112-49-25-19-43-97(112)104-68-81-33-11-13-35-83(81)75-118(104)140)129-133-126(79-30-6-2-7-31-79)134-130(136-129)90-56-62-98-94-40-16-22-46-109(94)138(116(98)76-90)91-37-8-3-9-38-91/h1-76H. The zero-order valence-electron chi connectivity index (χ0n) is 76.2. The number of hydrogen-bond donors (Lipinski definition) is 0. The van der Waals surface area contributed by atoms with Gasteiger partial charge in [0.15, 0.2) is 34.9 Å². The average molecular weight is 1840 g/mol. The smallest absolute Gasteiger partial charge is 0.164 e. The summed E-state index contributed by atoms with van der Waals surface area (Å²) in [7, 11) is 0. The zero-order chi connectivity index (χ0) is 92.9. The molecule has 0 N–H and O–H groups in total. The van der Waals surface area contributed by atoms with Crippen LogP contribution in [-0.4, -0.2) is 48.2 Å². The molecule has 8 heterocycles. The predicted octanol–water partition coefficient (Wildman–Crippen LogP) is 34.8. The summed E-state index contributed by atoms with van der Waals surface area (Å²) in [4.78, 5) is 33.0. The average Bonchev–Trinajstić information content (AvgIpc) is 1.56. The molecule has 0 fully saturated rings. The second-order valence-electron chi connectivity index (χ2n) is 37.1. The van der Waals surface area contributed by atoms with Gasteiger partial charge in [-0.3, -0.25) is 0 Å². The highest BCUT2D eigenvalue weighted by Gasteiger charge is 2.29. The fraction of sp³-hybridized carbons (Fsp3) is 0. The number of aromatic nitrogens is 10. The van der Waals surface area contributed by atoms with Crippen molar-refractivity contribution in [3.8, 4) is 124 Å². The van der Waals surface area contributed by atoms with Gasteiger partial charge in [-0.05, 0) is 224 Å². The van der Waals surface area contributed by atoms with Crippen LogP contribution in [0.15, 0.2) is 461 Å². The van der Waals surface area contributed by atoms with E-state index in [-0.39, 0.29) is 0 Å². The van der Waals surface area contributed by atoms with Crippen LogP contribution in [-0.2, 0) is 0 Å². The summed E-state index contributed by atoms with van der Waals surface area (Å²) in [5.74, 6) is 3.48. The molecule has 0 saturated carbocycles. The third-order valence-electron chi connectivity index (χ3n) is 29.2. The Hall–Kier alpha value is -18.5. The molecule has 658 valence electrons. The summed E-state index contributed by atoms with van der Waals surface area (Å²) >= 11 is 3.73. The number of thiophene rings is 2. The maximum absolute atomic E-state index is 5.62. The van der Waals surface area contributed by atoms with Gasteiger partial charge in [0, 0.05) is 145 Å². The van der Waals surface area contributed by atoms with Crippen molar-refractivity contribution in [3.05, 3.63) is 461 Å². The molecule has 12 heteroatoms. The van der Waals surface area contributed by atoms with Gasteiger partial charge in [0.2, 0.25) is 0 Å². The van der Waals surface area contributed by atoms with Gasteiger partial charge in [0.05, 0.1) is 55.5 Å². The molecule has 142 heavy (non-hydrogen) atoms. The first-order valence-electron chi connectivity index (χ1n) is 48.1. The molecule has 10 nitrogen and oxygen atoms in total. The van der Waals surface area contributed by atoms with Gasteiger partial charge in [-0.1, -0.05) is 297 Å². The topological polar surface area (TPSA) is 97.1 Å². The van der Waals surface area contributed by atoms with Crippen LogP contribution in [0.25, 0.3) is 295 Å². The van der Waals surface area contributed by atoms with E-state index in [1.165, 1.54) is 105 Å². The lowest BCUT2D eigenvalue weighted by molar-refractivity contribution is 1.07. The maximum Gasteiger partial charge on any atom is 0.164 e. The summed E-state index contributed by atoms with van der Waals surface area (Å²) in [5, 5.41) is 23.6. The molecule has 0 spiro atoms. The van der Waals surface area contributed by atoms with Gasteiger partial charge >= 0.3 is 0 Å². The molecule has 0 unspecified atom stereocenters. The number of fused-ring (bicyclic) bond motifs is 24. The lowest BCUT2D eigenvalue weighted by atomic mass is 9.92. The van der Waals surface area contributed by atoms with Crippen molar-refractivity contribution >= 4 is 193 Å². The van der Waals surface area contributed by atoms with E-state index in [9.17, 15) is 0 Å². The molecule has 30 aromatic rings. The fourth-order valence-electron chi connectivity index (χ4n) is 22.6. The van der Waals surface area contributed by atoms with Crippen LogP contribution in [0.4, 0.5) is 0 Å². The van der Waals surface area contributed by atoms with E-state index >= 15 is 0 Å². The molecule has 22 aromatic carbocycles. The van der Waals surface area contributed by atoms with E-state index < -0.39 is 0 Å². The molecule has 8 aromatic heterocycles. The van der Waals surface area contributed by atoms with Crippen molar-refractivity contribution in [3.63, 3.8) is 0 Å². The highest BCUT2D eigenvalue weighted by molar-refractivity contribution is 7.27. The number of rotatable bonds is 13. The second kappa shape index (κ2) is 31.5. The zero-order valence-corrected chi connectivity index (χ0v) is 77.8. The van der Waals surface area contributed by atoms with Crippen molar-refractivity contribution in [2.75, 3.05) is 0 Å². The maximum atomic E-state index is 5.62. The fourth-order valence-corrected chi connectivity index (χ4v) is 25.2. The van der Waals surface area contributed by atoms with Crippen molar-refractivity contribution < 1.29 is 0 Å².